The van der Waals surface area contributed by atoms with Crippen LogP contribution in [0.5, 0.6) is 0 Å². The Hall–Kier alpha value is -0.0800. The molecule has 2 aliphatic rings. The highest BCUT2D eigenvalue weighted by Crippen LogP contribution is 2.34. The molecular formula is C8H16O2. The largest absolute Gasteiger partial charge is 0.400 e. The van der Waals surface area contributed by atoms with Crippen molar-refractivity contribution in [2.75, 3.05) is 7.11 Å². The summed E-state index contributed by atoms with van der Waals surface area (Å²) in [6.45, 7) is 0. The molecule has 2 atom stereocenters. The van der Waals surface area contributed by atoms with Gasteiger partial charge in [0, 0.05) is 7.11 Å². The molecule has 1 aliphatic heterocycles. The Bertz CT molecular complexity index is 83.3. The van der Waals surface area contributed by atoms with Crippen LogP contribution < -0.4 is 0 Å². The number of ether oxygens (including phenoxy) is 1. The Morgan fingerprint density at radius 1 is 1.00 bits per heavy atom. The lowest BCUT2D eigenvalue weighted by Crippen LogP contribution is -1.87. The molecular weight excluding hydrogens is 128 g/mol. The highest BCUT2D eigenvalue weighted by molar-refractivity contribution is 4.86. The third kappa shape index (κ3) is 1.96. The van der Waals surface area contributed by atoms with Crippen molar-refractivity contribution in [1.29, 1.82) is 0 Å². The van der Waals surface area contributed by atoms with E-state index in [4.69, 9.17) is 9.84 Å². The molecule has 1 saturated carbocycles. The van der Waals surface area contributed by atoms with Crippen LogP contribution in [0.1, 0.15) is 32.1 Å². The summed E-state index contributed by atoms with van der Waals surface area (Å²) in [5.41, 5.74) is 0. The number of hydrogen-bond donors (Lipinski definition) is 1. The molecule has 0 spiro atoms. The Morgan fingerprint density at radius 3 is 2.00 bits per heavy atom. The summed E-state index contributed by atoms with van der Waals surface area (Å²) in [4.78, 5) is 0. The van der Waals surface area contributed by atoms with Gasteiger partial charge < -0.3 is 9.84 Å². The van der Waals surface area contributed by atoms with Crippen LogP contribution in [0.15, 0.2) is 0 Å². The van der Waals surface area contributed by atoms with E-state index < -0.39 is 0 Å². The fourth-order valence-corrected chi connectivity index (χ4v) is 1.55. The number of aliphatic hydroxyl groups is 1. The zero-order valence-corrected chi connectivity index (χ0v) is 6.55. The van der Waals surface area contributed by atoms with Crippen LogP contribution in [0, 0.1) is 0 Å². The van der Waals surface area contributed by atoms with Crippen LogP contribution in [-0.4, -0.2) is 24.4 Å². The molecule has 0 bridgehead atoms. The number of rotatable bonds is 0. The zero-order valence-electron chi connectivity index (χ0n) is 6.55. The molecule has 0 amide bonds. The first kappa shape index (κ1) is 8.02. The minimum absolute atomic E-state index is 0.692. The molecule has 2 unspecified atom stereocenters. The van der Waals surface area contributed by atoms with Crippen molar-refractivity contribution >= 4 is 0 Å². The number of fused-ring (bicyclic) bond motifs is 1. The van der Waals surface area contributed by atoms with E-state index in [1.807, 2.05) is 0 Å². The maximum atomic E-state index is 7.00. The summed E-state index contributed by atoms with van der Waals surface area (Å²) >= 11 is 0. The van der Waals surface area contributed by atoms with Gasteiger partial charge in [-0.2, -0.15) is 0 Å². The third-order valence-electron chi connectivity index (χ3n) is 2.16. The van der Waals surface area contributed by atoms with Crippen molar-refractivity contribution in [3.05, 3.63) is 0 Å². The third-order valence-corrected chi connectivity index (χ3v) is 2.16. The monoisotopic (exact) mass is 144 g/mol. The van der Waals surface area contributed by atoms with E-state index in [0.717, 1.165) is 7.11 Å². The molecule has 1 N–H and O–H groups in total. The molecule has 10 heavy (non-hydrogen) atoms. The van der Waals surface area contributed by atoms with E-state index in [1.165, 1.54) is 32.1 Å². The Balaban J connectivity index is 0.000000231. The Morgan fingerprint density at radius 2 is 1.50 bits per heavy atom. The summed E-state index contributed by atoms with van der Waals surface area (Å²) in [5.74, 6) is 0. The van der Waals surface area contributed by atoms with Crippen molar-refractivity contribution < 1.29 is 9.84 Å². The predicted octanol–water partition coefficient (Wildman–Crippen LogP) is 1.33. The summed E-state index contributed by atoms with van der Waals surface area (Å²) < 4.78 is 5.36. The van der Waals surface area contributed by atoms with Gasteiger partial charge in [0.25, 0.3) is 0 Å². The van der Waals surface area contributed by atoms with Gasteiger partial charge in [-0.15, -0.1) is 0 Å². The predicted molar refractivity (Wildman–Crippen MR) is 39.9 cm³/mol. The van der Waals surface area contributed by atoms with E-state index in [-0.39, 0.29) is 0 Å². The van der Waals surface area contributed by atoms with E-state index in [1.54, 1.807) is 0 Å². The standard InChI is InChI=1S/C7H12O.CH4O/c1-2-4-6-7(8-6)5-3-1;1-2/h6-7H,1-5H2;2H,1H3. The molecule has 0 aromatic heterocycles. The first-order chi connectivity index (χ1) is 4.97. The fourth-order valence-electron chi connectivity index (χ4n) is 1.55. The normalized spacial score (nSPS) is 36.6. The van der Waals surface area contributed by atoms with Gasteiger partial charge in [-0.25, -0.2) is 0 Å². The van der Waals surface area contributed by atoms with Crippen molar-refractivity contribution in [2.24, 2.45) is 0 Å². The SMILES string of the molecule is C1CCC2OC2CC1.CO. The molecule has 1 aliphatic carbocycles. The molecule has 0 aromatic carbocycles. The lowest BCUT2D eigenvalue weighted by atomic mass is 10.2. The second kappa shape index (κ2) is 3.94. The van der Waals surface area contributed by atoms with Gasteiger partial charge in [-0.1, -0.05) is 19.3 Å². The van der Waals surface area contributed by atoms with Crippen LogP contribution in [0.4, 0.5) is 0 Å². The minimum Gasteiger partial charge on any atom is -0.400 e. The number of epoxide rings is 1. The number of aliphatic hydroxyl groups excluding tert-OH is 1. The average molecular weight is 144 g/mol. The number of hydrogen-bond acceptors (Lipinski definition) is 2. The average Bonchev–Trinajstić information content (AvgIpc) is 2.66. The Kier molecular flexibility index (Phi) is 3.16. The lowest BCUT2D eigenvalue weighted by Gasteiger charge is -1.90. The van der Waals surface area contributed by atoms with E-state index in [2.05, 4.69) is 0 Å². The van der Waals surface area contributed by atoms with Crippen molar-refractivity contribution in [2.45, 2.75) is 44.3 Å². The minimum atomic E-state index is 0.692. The summed E-state index contributed by atoms with van der Waals surface area (Å²) in [6, 6.07) is 0. The maximum Gasteiger partial charge on any atom is 0.0841 e. The highest BCUT2D eigenvalue weighted by Gasteiger charge is 2.38. The quantitative estimate of drug-likeness (QED) is 0.520. The molecule has 1 heterocycles. The summed E-state index contributed by atoms with van der Waals surface area (Å²) in [6.07, 6.45) is 8.31. The second-order valence-corrected chi connectivity index (χ2v) is 2.85. The zero-order chi connectivity index (χ0) is 7.40. The van der Waals surface area contributed by atoms with Crippen LogP contribution >= 0.6 is 0 Å². The fraction of sp³-hybridized carbons (Fsp3) is 1.00. The smallest absolute Gasteiger partial charge is 0.0841 e. The first-order valence-corrected chi connectivity index (χ1v) is 4.07. The van der Waals surface area contributed by atoms with E-state index in [0.29, 0.717) is 12.2 Å². The lowest BCUT2D eigenvalue weighted by molar-refractivity contribution is 0.335. The van der Waals surface area contributed by atoms with Crippen LogP contribution in [0.25, 0.3) is 0 Å². The molecule has 2 rings (SSSR count). The second-order valence-electron chi connectivity index (χ2n) is 2.85. The summed E-state index contributed by atoms with van der Waals surface area (Å²) in [7, 11) is 1.00. The molecule has 0 radical (unpaired) electrons. The highest BCUT2D eigenvalue weighted by atomic mass is 16.6. The van der Waals surface area contributed by atoms with Crippen molar-refractivity contribution in [3.8, 4) is 0 Å². The van der Waals surface area contributed by atoms with E-state index in [9.17, 15) is 0 Å². The summed E-state index contributed by atoms with van der Waals surface area (Å²) in [5, 5.41) is 7.00. The first-order valence-electron chi connectivity index (χ1n) is 4.07. The van der Waals surface area contributed by atoms with Gasteiger partial charge in [0.1, 0.15) is 0 Å². The van der Waals surface area contributed by atoms with Gasteiger partial charge in [-0.05, 0) is 12.8 Å². The van der Waals surface area contributed by atoms with Crippen molar-refractivity contribution in [3.63, 3.8) is 0 Å². The van der Waals surface area contributed by atoms with E-state index >= 15 is 0 Å². The van der Waals surface area contributed by atoms with Crippen LogP contribution in [0.3, 0.4) is 0 Å². The molecule has 2 heteroatoms. The molecule has 60 valence electrons. The van der Waals surface area contributed by atoms with Gasteiger partial charge >= 0.3 is 0 Å². The molecule has 0 aromatic rings. The van der Waals surface area contributed by atoms with Gasteiger partial charge in [0.2, 0.25) is 0 Å². The van der Waals surface area contributed by atoms with Gasteiger partial charge in [0.15, 0.2) is 0 Å². The topological polar surface area (TPSA) is 32.8 Å². The van der Waals surface area contributed by atoms with Crippen LogP contribution in [0.2, 0.25) is 0 Å². The van der Waals surface area contributed by atoms with Crippen molar-refractivity contribution in [1.82, 2.24) is 0 Å². The van der Waals surface area contributed by atoms with Crippen LogP contribution in [-0.2, 0) is 4.74 Å². The molecule has 2 nitrogen and oxygen atoms in total. The molecule has 1 saturated heterocycles. The van der Waals surface area contributed by atoms with Gasteiger partial charge in [-0.3, -0.25) is 0 Å². The van der Waals surface area contributed by atoms with Gasteiger partial charge in [0.05, 0.1) is 12.2 Å². The maximum absolute atomic E-state index is 7.00. The Labute approximate surface area is 62.2 Å². The molecule has 2 fully saturated rings.